The summed E-state index contributed by atoms with van der Waals surface area (Å²) in [6, 6.07) is 0. The zero-order valence-corrected chi connectivity index (χ0v) is 20.3. The van der Waals surface area contributed by atoms with Gasteiger partial charge in [0, 0.05) is 12.5 Å². The zero-order chi connectivity index (χ0) is 24.2. The van der Waals surface area contributed by atoms with Crippen molar-refractivity contribution >= 4 is 27.4 Å². The van der Waals surface area contributed by atoms with Gasteiger partial charge in [-0.05, 0) is 66.4 Å². The minimum atomic E-state index is -5.29. The lowest BCUT2D eigenvalue weighted by atomic mass is 10.0. The summed E-state index contributed by atoms with van der Waals surface area (Å²) >= 11 is 0. The van der Waals surface area contributed by atoms with E-state index in [1.54, 1.807) is 13.0 Å². The fraction of sp³-hybridized carbons (Fsp3) is 0.500. The van der Waals surface area contributed by atoms with Crippen LogP contribution >= 0.6 is 15.6 Å². The van der Waals surface area contributed by atoms with Crippen molar-refractivity contribution in [1.29, 1.82) is 0 Å². The molecular formula is C20H32O9P2. The molecule has 1 unspecified atom stereocenters. The molecule has 0 aliphatic carbocycles. The van der Waals surface area contributed by atoms with Gasteiger partial charge in [-0.15, -0.1) is 0 Å². The van der Waals surface area contributed by atoms with Crippen molar-refractivity contribution in [3.8, 4) is 0 Å². The van der Waals surface area contributed by atoms with Gasteiger partial charge in [-0.2, -0.15) is 4.31 Å². The first-order valence-corrected chi connectivity index (χ1v) is 12.6. The number of hydrogen-bond acceptors (Lipinski definition) is 6. The van der Waals surface area contributed by atoms with Crippen molar-refractivity contribution < 1.29 is 42.2 Å². The standard InChI is InChI=1S/C20H32O9P2/c1-15(2)8-6-9-16(3)12-19(21)13-17(4)10-7-11-18(5)14-20(22)28-31(26,27)29-30(23,24)25/h8,10,12,14H,6-7,9,11,13H2,1-5H3,(H,26,27)(H2,23,24,25)/b16-12+,17-10+,18-14+. The van der Waals surface area contributed by atoms with Gasteiger partial charge in [0.2, 0.25) is 0 Å². The van der Waals surface area contributed by atoms with Crippen LogP contribution in [0.5, 0.6) is 0 Å². The molecule has 0 saturated carbocycles. The molecule has 1 atom stereocenters. The minimum Gasteiger partial charge on any atom is -0.367 e. The van der Waals surface area contributed by atoms with Crippen LogP contribution < -0.4 is 0 Å². The average Bonchev–Trinajstić information content (AvgIpc) is 2.50. The number of allylic oxidation sites excluding steroid dienone is 7. The lowest BCUT2D eigenvalue weighted by Gasteiger charge is -2.10. The van der Waals surface area contributed by atoms with Gasteiger partial charge in [-0.3, -0.25) is 9.69 Å². The third-order valence-electron chi connectivity index (χ3n) is 3.76. The Bertz CT molecular complexity index is 856. The highest BCUT2D eigenvalue weighted by Gasteiger charge is 2.35. The molecule has 0 saturated heterocycles. The monoisotopic (exact) mass is 478 g/mol. The van der Waals surface area contributed by atoms with Crippen LogP contribution in [0.25, 0.3) is 0 Å². The quantitative estimate of drug-likeness (QED) is 0.188. The fourth-order valence-electron chi connectivity index (χ4n) is 2.44. The first-order chi connectivity index (χ1) is 14.1. The molecule has 0 heterocycles. The first-order valence-electron chi connectivity index (χ1n) is 9.59. The van der Waals surface area contributed by atoms with E-state index in [2.05, 4.69) is 14.9 Å². The number of carbonyl (C=O) groups excluding carboxylic acids is 2. The van der Waals surface area contributed by atoms with E-state index in [0.717, 1.165) is 30.1 Å². The highest BCUT2D eigenvalue weighted by atomic mass is 31.3. The predicted molar refractivity (Wildman–Crippen MR) is 118 cm³/mol. The SMILES string of the molecule is CC(C)=CCC/C(C)=C/C(=O)C/C(C)=C/CC/C(C)=C/C(=O)OP(=O)(O)OP(=O)(O)O. The Kier molecular flexibility index (Phi) is 13.0. The van der Waals surface area contributed by atoms with Gasteiger partial charge in [0.1, 0.15) is 0 Å². The van der Waals surface area contributed by atoms with E-state index < -0.39 is 21.6 Å². The molecule has 3 N–H and O–H groups in total. The van der Waals surface area contributed by atoms with Crippen molar-refractivity contribution in [2.75, 3.05) is 0 Å². The highest BCUT2D eigenvalue weighted by molar-refractivity contribution is 7.61. The summed E-state index contributed by atoms with van der Waals surface area (Å²) in [5, 5.41) is 0. The van der Waals surface area contributed by atoms with E-state index in [-0.39, 0.29) is 12.2 Å². The molecule has 176 valence electrons. The van der Waals surface area contributed by atoms with E-state index in [9.17, 15) is 18.7 Å². The second-order valence-corrected chi connectivity index (χ2v) is 10.2. The number of phosphoric acid groups is 2. The van der Waals surface area contributed by atoms with Crippen molar-refractivity contribution in [3.63, 3.8) is 0 Å². The van der Waals surface area contributed by atoms with Crippen molar-refractivity contribution in [1.82, 2.24) is 0 Å². The molecule has 0 rings (SSSR count). The van der Waals surface area contributed by atoms with E-state index in [1.807, 2.05) is 33.8 Å². The largest absolute Gasteiger partial charge is 0.538 e. The molecule has 11 heteroatoms. The molecule has 0 aromatic heterocycles. The molecule has 0 aliphatic rings. The average molecular weight is 478 g/mol. The topological polar surface area (TPSA) is 147 Å². The summed E-state index contributed by atoms with van der Waals surface area (Å²) in [4.78, 5) is 49.8. The molecule has 0 radical (unpaired) electrons. The lowest BCUT2D eigenvalue weighted by molar-refractivity contribution is -0.130. The van der Waals surface area contributed by atoms with Crippen molar-refractivity contribution in [2.24, 2.45) is 0 Å². The Morgan fingerprint density at radius 3 is 1.84 bits per heavy atom. The van der Waals surface area contributed by atoms with Crippen LogP contribution in [-0.2, 0) is 27.6 Å². The maximum Gasteiger partial charge on any atom is 0.538 e. The normalized spacial score (nSPS) is 15.3. The van der Waals surface area contributed by atoms with E-state index in [1.165, 1.54) is 5.57 Å². The smallest absolute Gasteiger partial charge is 0.367 e. The maximum absolute atomic E-state index is 12.1. The molecular weight excluding hydrogens is 446 g/mol. The predicted octanol–water partition coefficient (Wildman–Crippen LogP) is 5.06. The number of rotatable bonds is 13. The van der Waals surface area contributed by atoms with Crippen LogP contribution in [0.15, 0.2) is 46.6 Å². The van der Waals surface area contributed by atoms with E-state index in [0.29, 0.717) is 18.4 Å². The molecule has 9 nitrogen and oxygen atoms in total. The second-order valence-electron chi connectivity index (χ2n) is 7.48. The highest BCUT2D eigenvalue weighted by Crippen LogP contribution is 2.57. The second kappa shape index (κ2) is 13.7. The molecule has 0 aliphatic heterocycles. The Labute approximate surface area is 183 Å². The molecule has 31 heavy (non-hydrogen) atoms. The van der Waals surface area contributed by atoms with Gasteiger partial charge < -0.3 is 14.3 Å². The summed E-state index contributed by atoms with van der Waals surface area (Å²) in [5.74, 6) is -1.25. The molecule has 0 fully saturated rings. The van der Waals surface area contributed by atoms with E-state index in [4.69, 9.17) is 14.7 Å². The van der Waals surface area contributed by atoms with Gasteiger partial charge in [0.25, 0.3) is 0 Å². The Hall–Kier alpha value is -1.60. The van der Waals surface area contributed by atoms with Gasteiger partial charge in [-0.25, -0.2) is 13.9 Å². The number of ketones is 1. The van der Waals surface area contributed by atoms with E-state index >= 15 is 0 Å². The van der Waals surface area contributed by atoms with Crippen molar-refractivity contribution in [3.05, 3.63) is 46.6 Å². The summed E-state index contributed by atoms with van der Waals surface area (Å²) in [6.07, 6.45) is 9.53. The van der Waals surface area contributed by atoms with Gasteiger partial charge >= 0.3 is 21.6 Å². The van der Waals surface area contributed by atoms with Gasteiger partial charge in [0.15, 0.2) is 5.78 Å². The van der Waals surface area contributed by atoms with Crippen LogP contribution in [-0.4, -0.2) is 26.4 Å². The third-order valence-corrected chi connectivity index (χ3v) is 5.85. The van der Waals surface area contributed by atoms with Crippen LogP contribution in [0.1, 0.15) is 66.7 Å². The minimum absolute atomic E-state index is 0.0167. The molecule has 0 bridgehead atoms. The molecule has 0 spiro atoms. The van der Waals surface area contributed by atoms with Gasteiger partial charge in [0.05, 0.1) is 0 Å². The molecule has 0 amide bonds. The Morgan fingerprint density at radius 2 is 1.32 bits per heavy atom. The lowest BCUT2D eigenvalue weighted by Crippen LogP contribution is -2.01. The van der Waals surface area contributed by atoms with Crippen LogP contribution in [0, 0.1) is 0 Å². The Morgan fingerprint density at radius 1 is 0.806 bits per heavy atom. The van der Waals surface area contributed by atoms with Crippen LogP contribution in [0.2, 0.25) is 0 Å². The van der Waals surface area contributed by atoms with Gasteiger partial charge in [-0.1, -0.05) is 34.4 Å². The molecule has 0 aromatic rings. The fourth-order valence-corrected chi connectivity index (χ4v) is 3.93. The van der Waals surface area contributed by atoms with Crippen LogP contribution in [0.4, 0.5) is 0 Å². The summed E-state index contributed by atoms with van der Waals surface area (Å²) in [6.45, 7) is 9.41. The number of phosphoric ester groups is 1. The summed E-state index contributed by atoms with van der Waals surface area (Å²) < 4.78 is 29.5. The van der Waals surface area contributed by atoms with Crippen molar-refractivity contribution in [2.45, 2.75) is 66.7 Å². The third kappa shape index (κ3) is 17.7. The molecule has 0 aromatic carbocycles. The maximum atomic E-state index is 12.1. The number of hydrogen-bond donors (Lipinski definition) is 3. The summed E-state index contributed by atoms with van der Waals surface area (Å²) in [7, 11) is -10.5. The zero-order valence-electron chi connectivity index (χ0n) is 18.5. The Balaban J connectivity index is 4.58. The summed E-state index contributed by atoms with van der Waals surface area (Å²) in [5.41, 5.74) is 3.65. The van der Waals surface area contributed by atoms with Crippen LogP contribution in [0.3, 0.4) is 0 Å². The number of carbonyl (C=O) groups is 2. The first kappa shape index (κ1) is 29.4.